The van der Waals surface area contributed by atoms with Crippen LogP contribution in [0.5, 0.6) is 0 Å². The highest BCUT2D eigenvalue weighted by Gasteiger charge is 2.31. The van der Waals surface area contributed by atoms with Crippen molar-refractivity contribution in [2.24, 2.45) is 0 Å². The summed E-state index contributed by atoms with van der Waals surface area (Å²) in [4.78, 5) is 13.2. The lowest BCUT2D eigenvalue weighted by atomic mass is 10.1. The summed E-state index contributed by atoms with van der Waals surface area (Å²) in [6.07, 6.45) is 1.85. The Kier molecular flexibility index (Phi) is 4.00. The van der Waals surface area contributed by atoms with Crippen LogP contribution in [0.3, 0.4) is 0 Å². The molecule has 1 N–H and O–H groups in total. The molecule has 13 heavy (non-hydrogen) atoms. The van der Waals surface area contributed by atoms with Crippen molar-refractivity contribution in [3.8, 4) is 0 Å². The lowest BCUT2D eigenvalue weighted by Crippen LogP contribution is -2.41. The normalized spacial score (nSPS) is 24.8. The van der Waals surface area contributed by atoms with Crippen LogP contribution in [0.15, 0.2) is 0 Å². The fourth-order valence-corrected chi connectivity index (χ4v) is 1.99. The zero-order valence-corrected chi connectivity index (χ0v) is 8.63. The molecule has 0 bridgehead atoms. The second-order valence-electron chi connectivity index (χ2n) is 3.48. The van der Waals surface area contributed by atoms with Crippen LogP contribution in [-0.2, 0) is 4.79 Å². The predicted molar refractivity (Wildman–Crippen MR) is 51.8 cm³/mol. The summed E-state index contributed by atoms with van der Waals surface area (Å²) >= 11 is 5.49. The van der Waals surface area contributed by atoms with Gasteiger partial charge in [0, 0.05) is 18.8 Å². The second kappa shape index (κ2) is 4.82. The van der Waals surface area contributed by atoms with Crippen LogP contribution in [0.4, 0.5) is 0 Å². The Morgan fingerprint density at radius 1 is 1.77 bits per heavy atom. The molecule has 0 aromatic carbocycles. The van der Waals surface area contributed by atoms with Gasteiger partial charge in [0.2, 0.25) is 5.91 Å². The number of carbonyl (C=O) groups is 1. The maximum absolute atomic E-state index is 11.5. The smallest absolute Gasteiger partial charge is 0.224 e. The van der Waals surface area contributed by atoms with E-state index in [-0.39, 0.29) is 11.9 Å². The molecular weight excluding hydrogens is 190 g/mol. The van der Waals surface area contributed by atoms with Gasteiger partial charge in [0.25, 0.3) is 0 Å². The van der Waals surface area contributed by atoms with Crippen molar-refractivity contribution in [1.29, 1.82) is 0 Å². The molecule has 1 aliphatic rings. The van der Waals surface area contributed by atoms with Crippen molar-refractivity contribution >= 4 is 17.5 Å². The number of halogens is 1. The van der Waals surface area contributed by atoms with Crippen molar-refractivity contribution in [2.45, 2.75) is 38.3 Å². The third-order valence-corrected chi connectivity index (χ3v) is 2.67. The number of aliphatic hydroxyl groups is 1. The number of rotatable bonds is 3. The van der Waals surface area contributed by atoms with Gasteiger partial charge in [0.05, 0.1) is 12.1 Å². The first-order valence-electron chi connectivity index (χ1n) is 4.70. The van der Waals surface area contributed by atoms with Crippen LogP contribution in [0.1, 0.15) is 26.2 Å². The lowest BCUT2D eigenvalue weighted by molar-refractivity contribution is -0.133. The predicted octanol–water partition coefficient (Wildman–Crippen LogP) is 0.987. The summed E-state index contributed by atoms with van der Waals surface area (Å²) < 4.78 is 0. The van der Waals surface area contributed by atoms with Gasteiger partial charge in [-0.3, -0.25) is 4.79 Å². The first-order valence-corrected chi connectivity index (χ1v) is 5.23. The summed E-state index contributed by atoms with van der Waals surface area (Å²) in [5.41, 5.74) is 0. The van der Waals surface area contributed by atoms with E-state index in [1.807, 2.05) is 0 Å². The third kappa shape index (κ3) is 2.58. The van der Waals surface area contributed by atoms with E-state index in [2.05, 4.69) is 0 Å². The molecular formula is C9H16ClNO2. The minimum absolute atomic E-state index is 0.00992. The van der Waals surface area contributed by atoms with Crippen LogP contribution in [0, 0.1) is 0 Å². The quantitative estimate of drug-likeness (QED) is 0.699. The number of hydrogen-bond acceptors (Lipinski definition) is 2. The molecule has 0 radical (unpaired) electrons. The number of nitrogens with zero attached hydrogens (tertiary/aromatic N) is 1. The Hall–Kier alpha value is -0.280. The number of likely N-dealkylation sites (tertiary alicyclic amines) is 1. The summed E-state index contributed by atoms with van der Waals surface area (Å²) in [5.74, 6) is 0.431. The van der Waals surface area contributed by atoms with E-state index in [1.165, 1.54) is 0 Å². The largest absolute Gasteiger partial charge is 0.391 e. The topological polar surface area (TPSA) is 40.5 Å². The Labute approximate surface area is 83.7 Å². The molecule has 76 valence electrons. The van der Waals surface area contributed by atoms with Gasteiger partial charge in [-0.2, -0.15) is 0 Å². The number of aliphatic hydroxyl groups excluding tert-OH is 1. The fourth-order valence-electron chi connectivity index (χ4n) is 1.83. The van der Waals surface area contributed by atoms with E-state index in [0.29, 0.717) is 12.3 Å². The average molecular weight is 206 g/mol. The van der Waals surface area contributed by atoms with Crippen LogP contribution < -0.4 is 0 Å². The summed E-state index contributed by atoms with van der Waals surface area (Å²) in [7, 11) is 0. The monoisotopic (exact) mass is 205 g/mol. The Morgan fingerprint density at radius 3 is 3.00 bits per heavy atom. The van der Waals surface area contributed by atoms with E-state index >= 15 is 0 Å². The molecule has 1 fully saturated rings. The van der Waals surface area contributed by atoms with Crippen molar-refractivity contribution in [1.82, 2.24) is 4.90 Å². The average Bonchev–Trinajstić information content (AvgIpc) is 2.52. The van der Waals surface area contributed by atoms with E-state index in [9.17, 15) is 9.90 Å². The summed E-state index contributed by atoms with van der Waals surface area (Å²) in [5, 5.41) is 9.41. The first kappa shape index (κ1) is 10.8. The Bertz CT molecular complexity index is 184. The van der Waals surface area contributed by atoms with E-state index in [1.54, 1.807) is 11.8 Å². The van der Waals surface area contributed by atoms with Crippen molar-refractivity contribution in [3.63, 3.8) is 0 Å². The van der Waals surface area contributed by atoms with Crippen LogP contribution in [0.25, 0.3) is 0 Å². The van der Waals surface area contributed by atoms with Crippen molar-refractivity contribution < 1.29 is 9.90 Å². The third-order valence-electron chi connectivity index (χ3n) is 2.48. The van der Waals surface area contributed by atoms with Crippen molar-refractivity contribution in [3.05, 3.63) is 0 Å². The maximum Gasteiger partial charge on any atom is 0.224 e. The van der Waals surface area contributed by atoms with Crippen LogP contribution in [0.2, 0.25) is 0 Å². The molecule has 1 saturated heterocycles. The maximum atomic E-state index is 11.5. The second-order valence-corrected chi connectivity index (χ2v) is 3.85. The Balaban J connectivity index is 2.52. The molecule has 0 saturated carbocycles. The summed E-state index contributed by atoms with van der Waals surface area (Å²) in [6, 6.07) is 0.00992. The first-order chi connectivity index (χ1) is 6.16. The minimum Gasteiger partial charge on any atom is -0.391 e. The van der Waals surface area contributed by atoms with Gasteiger partial charge in [0.15, 0.2) is 0 Å². The molecule has 0 aromatic rings. The van der Waals surface area contributed by atoms with Gasteiger partial charge in [-0.05, 0) is 19.8 Å². The zero-order chi connectivity index (χ0) is 9.84. The highest BCUT2D eigenvalue weighted by molar-refractivity contribution is 6.18. The van der Waals surface area contributed by atoms with Crippen LogP contribution >= 0.6 is 11.6 Å². The standard InChI is InChI=1S/C9H16ClNO2/c1-7(12)8-3-2-6-11(8)9(13)4-5-10/h7-8,12H,2-6H2,1H3/t7-,8+/m1/s1. The molecule has 4 heteroatoms. The van der Waals surface area contributed by atoms with Gasteiger partial charge in [0.1, 0.15) is 0 Å². The molecule has 3 nitrogen and oxygen atoms in total. The molecule has 0 aliphatic carbocycles. The van der Waals surface area contributed by atoms with Gasteiger partial charge in [-0.25, -0.2) is 0 Å². The molecule has 1 heterocycles. The number of amides is 1. The molecule has 1 rings (SSSR count). The minimum atomic E-state index is -0.429. The molecule has 1 aliphatic heterocycles. The number of carbonyl (C=O) groups excluding carboxylic acids is 1. The fraction of sp³-hybridized carbons (Fsp3) is 0.889. The van der Waals surface area contributed by atoms with Gasteiger partial charge < -0.3 is 10.0 Å². The van der Waals surface area contributed by atoms with Gasteiger partial charge in [-0.1, -0.05) is 0 Å². The van der Waals surface area contributed by atoms with Crippen molar-refractivity contribution in [2.75, 3.05) is 12.4 Å². The molecule has 1 amide bonds. The van der Waals surface area contributed by atoms with Crippen LogP contribution in [-0.4, -0.2) is 40.5 Å². The molecule has 0 aromatic heterocycles. The van der Waals surface area contributed by atoms with E-state index in [0.717, 1.165) is 19.4 Å². The summed E-state index contributed by atoms with van der Waals surface area (Å²) in [6.45, 7) is 2.50. The van der Waals surface area contributed by atoms with Gasteiger partial charge in [-0.15, -0.1) is 11.6 Å². The SMILES string of the molecule is C[C@@H](O)[C@@H]1CCCN1C(=O)CCCl. The Morgan fingerprint density at radius 2 is 2.46 bits per heavy atom. The number of alkyl halides is 1. The molecule has 0 unspecified atom stereocenters. The molecule has 0 spiro atoms. The zero-order valence-electron chi connectivity index (χ0n) is 7.87. The van der Waals surface area contributed by atoms with E-state index < -0.39 is 6.10 Å². The van der Waals surface area contributed by atoms with E-state index in [4.69, 9.17) is 11.6 Å². The van der Waals surface area contributed by atoms with Gasteiger partial charge >= 0.3 is 0 Å². The number of hydrogen-bond donors (Lipinski definition) is 1. The lowest BCUT2D eigenvalue weighted by Gasteiger charge is -2.26. The molecule has 2 atom stereocenters. The highest BCUT2D eigenvalue weighted by atomic mass is 35.5. The highest BCUT2D eigenvalue weighted by Crippen LogP contribution is 2.20.